The highest BCUT2D eigenvalue weighted by atomic mass is 16.5. The SMILES string of the molecule is CC(=O)NCCCC[C@@H](C(=O)N[C@@H](CC(N)=O)C(=O)N[C@@H](Cc1c[nH]cn1)C(=O)N(C)CC(=O)O)N(C(=O)[C@@H](N)Cc1ccc2ccccc2c1)C1CCCCO1. The number of fused-ring (bicyclic) bond motifs is 1. The third-order valence-corrected chi connectivity index (χ3v) is 9.59. The summed E-state index contributed by atoms with van der Waals surface area (Å²) in [5.74, 6) is -5.52. The minimum atomic E-state index is -1.60. The van der Waals surface area contributed by atoms with Crippen LogP contribution in [0.3, 0.4) is 0 Å². The van der Waals surface area contributed by atoms with Crippen molar-refractivity contribution in [3.63, 3.8) is 0 Å². The Morgan fingerprint density at radius 1 is 0.965 bits per heavy atom. The summed E-state index contributed by atoms with van der Waals surface area (Å²) >= 11 is 0. The summed E-state index contributed by atoms with van der Waals surface area (Å²) < 4.78 is 6.07. The zero-order chi connectivity index (χ0) is 41.5. The van der Waals surface area contributed by atoms with E-state index < -0.39 is 78.9 Å². The number of benzene rings is 2. The number of likely N-dealkylation sites (N-methyl/N-ethyl adjacent to an activating group) is 1. The van der Waals surface area contributed by atoms with Gasteiger partial charge in [-0.15, -0.1) is 0 Å². The quantitative estimate of drug-likeness (QED) is 0.0711. The molecule has 0 spiro atoms. The number of hydrogen-bond acceptors (Lipinski definition) is 10. The number of carboxylic acid groups (broad SMARTS) is 1. The van der Waals surface area contributed by atoms with Crippen LogP contribution >= 0.6 is 0 Å². The van der Waals surface area contributed by atoms with E-state index >= 15 is 0 Å². The molecule has 2 heterocycles. The van der Waals surface area contributed by atoms with Crippen LogP contribution in [-0.4, -0.2) is 123 Å². The number of hydrogen-bond donors (Lipinski definition) is 7. The van der Waals surface area contributed by atoms with Gasteiger partial charge in [0.25, 0.3) is 0 Å². The number of nitrogens with two attached hydrogens (primary N) is 2. The van der Waals surface area contributed by atoms with Crippen LogP contribution in [-0.2, 0) is 51.1 Å². The zero-order valence-corrected chi connectivity index (χ0v) is 32.3. The van der Waals surface area contributed by atoms with Crippen molar-refractivity contribution in [1.82, 2.24) is 35.7 Å². The lowest BCUT2D eigenvalue weighted by molar-refractivity contribution is -0.164. The third-order valence-electron chi connectivity index (χ3n) is 9.59. The maximum absolute atomic E-state index is 14.5. The molecule has 1 fully saturated rings. The number of nitrogens with zero attached hydrogens (tertiary/aromatic N) is 3. The summed E-state index contributed by atoms with van der Waals surface area (Å²) in [5.41, 5.74) is 13.3. The van der Waals surface area contributed by atoms with E-state index in [2.05, 4.69) is 25.9 Å². The van der Waals surface area contributed by atoms with Crippen LogP contribution in [0.2, 0.25) is 0 Å². The van der Waals surface area contributed by atoms with E-state index in [1.165, 1.54) is 31.4 Å². The fraction of sp³-hybridized carbons (Fsp3) is 0.487. The Labute approximate surface area is 330 Å². The molecule has 1 aliphatic heterocycles. The molecule has 2 aromatic carbocycles. The van der Waals surface area contributed by atoms with Gasteiger partial charge in [-0.25, -0.2) is 4.98 Å². The Hall–Kier alpha value is -5.88. The molecule has 57 heavy (non-hydrogen) atoms. The van der Waals surface area contributed by atoms with Gasteiger partial charge in [0.1, 0.15) is 30.9 Å². The smallest absolute Gasteiger partial charge is 0.323 e. The molecule has 4 rings (SSSR count). The first kappa shape index (κ1) is 43.8. The maximum Gasteiger partial charge on any atom is 0.323 e. The molecule has 1 saturated heterocycles. The summed E-state index contributed by atoms with van der Waals surface area (Å²) in [7, 11) is 1.25. The Balaban J connectivity index is 1.63. The van der Waals surface area contributed by atoms with Crippen LogP contribution in [0.1, 0.15) is 63.1 Å². The molecule has 9 N–H and O–H groups in total. The van der Waals surface area contributed by atoms with Gasteiger partial charge < -0.3 is 52.0 Å². The second-order valence-electron chi connectivity index (χ2n) is 14.2. The van der Waals surface area contributed by atoms with E-state index in [1.54, 1.807) is 0 Å². The van der Waals surface area contributed by atoms with E-state index in [1.807, 2.05) is 42.5 Å². The molecule has 308 valence electrons. The number of unbranched alkanes of at least 4 members (excludes halogenated alkanes) is 1. The number of nitrogens with one attached hydrogen (secondary N) is 4. The van der Waals surface area contributed by atoms with Gasteiger partial charge in [-0.05, 0) is 61.3 Å². The van der Waals surface area contributed by atoms with Gasteiger partial charge in [0, 0.05) is 39.7 Å². The highest BCUT2D eigenvalue weighted by molar-refractivity contribution is 5.97. The molecule has 1 aliphatic rings. The number of amides is 6. The van der Waals surface area contributed by atoms with Crippen molar-refractivity contribution in [3.8, 4) is 0 Å². The van der Waals surface area contributed by atoms with Crippen LogP contribution in [0, 0.1) is 0 Å². The van der Waals surface area contributed by atoms with Gasteiger partial charge in [-0.2, -0.15) is 0 Å². The van der Waals surface area contributed by atoms with E-state index in [-0.39, 0.29) is 25.2 Å². The molecule has 0 saturated carbocycles. The molecule has 1 unspecified atom stereocenters. The van der Waals surface area contributed by atoms with Crippen molar-refractivity contribution in [3.05, 3.63) is 66.2 Å². The predicted molar refractivity (Wildman–Crippen MR) is 208 cm³/mol. The number of aliphatic carboxylic acids is 1. The van der Waals surface area contributed by atoms with Crippen molar-refractivity contribution in [1.29, 1.82) is 0 Å². The zero-order valence-electron chi connectivity index (χ0n) is 32.3. The molecule has 18 nitrogen and oxygen atoms in total. The molecule has 5 atom stereocenters. The van der Waals surface area contributed by atoms with Gasteiger partial charge in [0.05, 0.1) is 24.5 Å². The first-order chi connectivity index (χ1) is 27.2. The minimum absolute atomic E-state index is 0.0743. The summed E-state index contributed by atoms with van der Waals surface area (Å²) in [6, 6.07) is 8.27. The number of carbonyl (C=O) groups is 7. The molecule has 0 aliphatic carbocycles. The van der Waals surface area contributed by atoms with Crippen LogP contribution in [0.25, 0.3) is 10.8 Å². The highest BCUT2D eigenvalue weighted by Gasteiger charge is 2.40. The summed E-state index contributed by atoms with van der Waals surface area (Å²) in [6.45, 7) is 1.37. The minimum Gasteiger partial charge on any atom is -0.480 e. The predicted octanol–water partition coefficient (Wildman–Crippen LogP) is 0.0936. The lowest BCUT2D eigenvalue weighted by Crippen LogP contribution is -2.62. The van der Waals surface area contributed by atoms with Crippen molar-refractivity contribution >= 4 is 52.2 Å². The van der Waals surface area contributed by atoms with E-state index in [0.717, 1.165) is 27.7 Å². The monoisotopic (exact) mass is 791 g/mol. The van der Waals surface area contributed by atoms with E-state index in [4.69, 9.17) is 16.2 Å². The van der Waals surface area contributed by atoms with Crippen molar-refractivity contribution < 1.29 is 43.4 Å². The Morgan fingerprint density at radius 2 is 1.70 bits per heavy atom. The Bertz CT molecular complexity index is 1870. The molecule has 18 heteroatoms. The second kappa shape index (κ2) is 21.4. The van der Waals surface area contributed by atoms with E-state index in [0.29, 0.717) is 44.5 Å². The van der Waals surface area contributed by atoms with Crippen molar-refractivity contribution in [2.24, 2.45) is 11.5 Å². The maximum atomic E-state index is 14.5. The molecular formula is C39H53N9O9. The number of aromatic nitrogens is 2. The number of primary amides is 1. The first-order valence-electron chi connectivity index (χ1n) is 19.0. The van der Waals surface area contributed by atoms with E-state index in [9.17, 15) is 38.7 Å². The molecule has 6 amide bonds. The standard InChI is InChI=1S/C39H53N9O9/c1-24(49)43-15-7-5-11-32(48(34-12-6-8-16-57-34)38(55)29(40)18-25-13-14-26-9-3-4-10-27(26)17-25)37(54)45-30(20-33(41)50)36(53)46-31(19-28-21-42-23-44-28)39(56)47(2)22-35(51)52/h3-4,9-10,13-14,17,21,23,29-32,34H,5-8,11-12,15-16,18-20,22,40H2,1-2H3,(H2,41,50)(H,42,44)(H,43,49)(H,45,54)(H,46,53)(H,51,52)/t29-,30-,31-,32-,34?/m0/s1. The largest absolute Gasteiger partial charge is 0.480 e. The summed E-state index contributed by atoms with van der Waals surface area (Å²) in [5, 5.41) is 19.1. The van der Waals surface area contributed by atoms with Gasteiger partial charge in [0.2, 0.25) is 35.4 Å². The summed E-state index contributed by atoms with van der Waals surface area (Å²) in [4.78, 5) is 100. The number of rotatable bonds is 21. The number of carboxylic acids is 1. The first-order valence-corrected chi connectivity index (χ1v) is 19.0. The van der Waals surface area contributed by atoms with Gasteiger partial charge in [0.15, 0.2) is 0 Å². The van der Waals surface area contributed by atoms with Crippen LogP contribution in [0.4, 0.5) is 0 Å². The molecule has 0 radical (unpaired) electrons. The average Bonchev–Trinajstić information content (AvgIpc) is 3.69. The van der Waals surface area contributed by atoms with Crippen molar-refractivity contribution in [2.75, 3.05) is 26.7 Å². The number of ether oxygens (including phenoxy) is 1. The molecule has 0 bridgehead atoms. The number of imidazole rings is 1. The number of H-pyrrole nitrogens is 1. The average molecular weight is 792 g/mol. The number of carbonyl (C=O) groups excluding carboxylic acids is 6. The summed E-state index contributed by atoms with van der Waals surface area (Å²) in [6.07, 6.45) is 4.11. The lowest BCUT2D eigenvalue weighted by Gasteiger charge is -2.40. The number of aromatic amines is 1. The second-order valence-corrected chi connectivity index (χ2v) is 14.2. The van der Waals surface area contributed by atoms with Crippen molar-refractivity contribution in [2.45, 2.75) is 95.1 Å². The van der Waals surface area contributed by atoms with Gasteiger partial charge in [-0.1, -0.05) is 42.5 Å². The fourth-order valence-electron chi connectivity index (χ4n) is 6.77. The Morgan fingerprint density at radius 3 is 2.35 bits per heavy atom. The molecule has 3 aromatic rings. The Kier molecular flexibility index (Phi) is 16.5. The molecular weight excluding hydrogens is 738 g/mol. The lowest BCUT2D eigenvalue weighted by atomic mass is 9.98. The normalized spacial score (nSPS) is 16.0. The van der Waals surface area contributed by atoms with Gasteiger partial charge in [-0.3, -0.25) is 33.6 Å². The van der Waals surface area contributed by atoms with Crippen LogP contribution in [0.5, 0.6) is 0 Å². The topological polar surface area (TPSA) is 272 Å². The molecule has 1 aromatic heterocycles. The highest BCUT2D eigenvalue weighted by Crippen LogP contribution is 2.24. The van der Waals surface area contributed by atoms with Gasteiger partial charge >= 0.3 is 5.97 Å². The van der Waals surface area contributed by atoms with Crippen LogP contribution in [0.15, 0.2) is 55.0 Å². The van der Waals surface area contributed by atoms with Crippen LogP contribution < -0.4 is 27.4 Å². The fourth-order valence-corrected chi connectivity index (χ4v) is 6.77. The third kappa shape index (κ3) is 13.4.